The van der Waals surface area contributed by atoms with Gasteiger partial charge >= 0.3 is 0 Å². The predicted molar refractivity (Wildman–Crippen MR) is 84.1 cm³/mol. The average Bonchev–Trinajstić information content (AvgIpc) is 2.78. The second-order valence-corrected chi connectivity index (χ2v) is 9.21. The van der Waals surface area contributed by atoms with E-state index in [9.17, 15) is 15.0 Å². The van der Waals surface area contributed by atoms with Crippen LogP contribution in [0.25, 0.3) is 0 Å². The molecule has 0 spiro atoms. The number of aliphatic hydroxyl groups is 2. The maximum Gasteiger partial charge on any atom is 0.133 e. The zero-order valence-electron chi connectivity index (χ0n) is 13.9. The highest BCUT2D eigenvalue weighted by Crippen LogP contribution is 2.65. The molecule has 0 unspecified atom stereocenters. The summed E-state index contributed by atoms with van der Waals surface area (Å²) in [5.74, 6) is 1.91. The second kappa shape index (κ2) is 4.80. The SMILES string of the molecule is C[C@@]12CC(=O)C[C@H]1[C@@H]1C[C@H](O)[C@H]3CCCC[C@]3(C)[C@H]1C[C@H]2O. The monoisotopic (exact) mass is 306 g/mol. The van der Waals surface area contributed by atoms with Gasteiger partial charge in [-0.2, -0.15) is 0 Å². The summed E-state index contributed by atoms with van der Waals surface area (Å²) >= 11 is 0. The van der Waals surface area contributed by atoms with Gasteiger partial charge in [0.15, 0.2) is 0 Å². The van der Waals surface area contributed by atoms with E-state index >= 15 is 0 Å². The Hall–Kier alpha value is -0.410. The maximum atomic E-state index is 12.1. The highest BCUT2D eigenvalue weighted by atomic mass is 16.3. The lowest BCUT2D eigenvalue weighted by Gasteiger charge is -2.62. The Balaban J connectivity index is 1.73. The number of Topliss-reactive ketones (excluding diaryl/α,β-unsaturated/α-hetero) is 1. The van der Waals surface area contributed by atoms with Gasteiger partial charge in [0.25, 0.3) is 0 Å². The van der Waals surface area contributed by atoms with Crippen LogP contribution >= 0.6 is 0 Å². The van der Waals surface area contributed by atoms with Gasteiger partial charge in [-0.25, -0.2) is 0 Å². The Morgan fingerprint density at radius 2 is 1.77 bits per heavy atom. The average molecular weight is 306 g/mol. The fourth-order valence-electron chi connectivity index (χ4n) is 7.08. The molecule has 0 aromatic heterocycles. The Labute approximate surface area is 133 Å². The third-order valence-electron chi connectivity index (χ3n) is 8.30. The van der Waals surface area contributed by atoms with Gasteiger partial charge in [0.1, 0.15) is 5.78 Å². The highest BCUT2D eigenvalue weighted by molar-refractivity contribution is 5.82. The molecule has 3 heteroatoms. The van der Waals surface area contributed by atoms with Crippen LogP contribution in [0.2, 0.25) is 0 Å². The minimum atomic E-state index is -0.347. The standard InChI is InChI=1S/C19H30O3/c1-18-6-4-3-5-13(18)16(21)8-12-14-7-11(20)10-19(14,2)17(22)9-15(12)18/h12-17,21-22H,3-10H2,1-2H3/t12-,13+,14-,15-,16-,17+,18-,19+/m0/s1. The maximum absolute atomic E-state index is 12.1. The molecule has 3 nitrogen and oxygen atoms in total. The summed E-state index contributed by atoms with van der Waals surface area (Å²) in [7, 11) is 0. The first-order valence-electron chi connectivity index (χ1n) is 9.24. The Bertz CT molecular complexity index is 489. The predicted octanol–water partition coefficient (Wildman–Crippen LogP) is 2.93. The van der Waals surface area contributed by atoms with Gasteiger partial charge in [-0.05, 0) is 54.8 Å². The molecular formula is C19H30O3. The van der Waals surface area contributed by atoms with Crippen LogP contribution in [-0.2, 0) is 4.79 Å². The third kappa shape index (κ3) is 1.84. The summed E-state index contributed by atoms with van der Waals surface area (Å²) in [6.45, 7) is 4.48. The van der Waals surface area contributed by atoms with Crippen molar-refractivity contribution in [2.45, 2.75) is 77.4 Å². The van der Waals surface area contributed by atoms with Gasteiger partial charge in [0, 0.05) is 18.3 Å². The van der Waals surface area contributed by atoms with E-state index in [0.29, 0.717) is 36.4 Å². The summed E-state index contributed by atoms with van der Waals surface area (Å²) in [6.07, 6.45) is 7.10. The van der Waals surface area contributed by atoms with Crippen molar-refractivity contribution >= 4 is 5.78 Å². The normalized spacial score (nSPS) is 57.9. The van der Waals surface area contributed by atoms with E-state index in [-0.39, 0.29) is 29.0 Å². The van der Waals surface area contributed by atoms with Gasteiger partial charge in [-0.1, -0.05) is 26.7 Å². The zero-order valence-corrected chi connectivity index (χ0v) is 13.9. The fraction of sp³-hybridized carbons (Fsp3) is 0.947. The van der Waals surface area contributed by atoms with Crippen LogP contribution in [-0.4, -0.2) is 28.2 Å². The van der Waals surface area contributed by atoms with E-state index < -0.39 is 0 Å². The number of hydrogen-bond donors (Lipinski definition) is 2. The molecule has 4 fully saturated rings. The number of carbonyl (C=O) groups is 1. The third-order valence-corrected chi connectivity index (χ3v) is 8.30. The molecule has 8 atom stereocenters. The number of hydrogen-bond acceptors (Lipinski definition) is 3. The molecule has 4 saturated carbocycles. The van der Waals surface area contributed by atoms with Crippen LogP contribution in [0, 0.1) is 34.5 Å². The van der Waals surface area contributed by atoms with Gasteiger partial charge in [0.2, 0.25) is 0 Å². The van der Waals surface area contributed by atoms with Crippen molar-refractivity contribution in [2.75, 3.05) is 0 Å². The Morgan fingerprint density at radius 3 is 2.55 bits per heavy atom. The Kier molecular flexibility index (Phi) is 3.30. The number of ketones is 1. The summed E-state index contributed by atoms with van der Waals surface area (Å²) in [5.41, 5.74) is -0.0790. The largest absolute Gasteiger partial charge is 0.393 e. The summed E-state index contributed by atoms with van der Waals surface area (Å²) in [6, 6.07) is 0. The first-order chi connectivity index (χ1) is 10.4. The van der Waals surface area contributed by atoms with Crippen LogP contribution in [0.4, 0.5) is 0 Å². The lowest BCUT2D eigenvalue weighted by molar-refractivity contribution is -0.183. The van der Waals surface area contributed by atoms with Gasteiger partial charge in [-0.15, -0.1) is 0 Å². The molecule has 0 aromatic carbocycles. The minimum absolute atomic E-state index is 0.161. The van der Waals surface area contributed by atoms with Crippen molar-refractivity contribution in [3.05, 3.63) is 0 Å². The van der Waals surface area contributed by atoms with E-state index in [1.54, 1.807) is 0 Å². The number of aliphatic hydroxyl groups excluding tert-OH is 2. The molecule has 124 valence electrons. The summed E-state index contributed by atoms with van der Waals surface area (Å²) in [4.78, 5) is 12.1. The molecule has 0 heterocycles. The van der Waals surface area contributed by atoms with Crippen molar-refractivity contribution in [1.82, 2.24) is 0 Å². The number of rotatable bonds is 0. The van der Waals surface area contributed by atoms with Gasteiger partial charge in [0.05, 0.1) is 12.2 Å². The van der Waals surface area contributed by atoms with Crippen molar-refractivity contribution < 1.29 is 15.0 Å². The van der Waals surface area contributed by atoms with E-state index in [0.717, 1.165) is 19.3 Å². The number of fused-ring (bicyclic) bond motifs is 5. The van der Waals surface area contributed by atoms with Crippen molar-refractivity contribution in [3.8, 4) is 0 Å². The minimum Gasteiger partial charge on any atom is -0.393 e. The van der Waals surface area contributed by atoms with E-state index in [1.165, 1.54) is 19.3 Å². The molecular weight excluding hydrogens is 276 g/mol. The summed E-state index contributed by atoms with van der Waals surface area (Å²) < 4.78 is 0. The lowest BCUT2D eigenvalue weighted by Crippen LogP contribution is -2.59. The molecule has 0 aromatic rings. The van der Waals surface area contributed by atoms with Crippen molar-refractivity contribution in [3.63, 3.8) is 0 Å². The van der Waals surface area contributed by atoms with E-state index in [4.69, 9.17) is 0 Å². The van der Waals surface area contributed by atoms with E-state index in [2.05, 4.69) is 13.8 Å². The highest BCUT2D eigenvalue weighted by Gasteiger charge is 2.63. The van der Waals surface area contributed by atoms with Crippen molar-refractivity contribution in [2.24, 2.45) is 34.5 Å². The zero-order chi connectivity index (χ0) is 15.7. The molecule has 2 N–H and O–H groups in total. The smallest absolute Gasteiger partial charge is 0.133 e. The van der Waals surface area contributed by atoms with Crippen molar-refractivity contribution in [1.29, 1.82) is 0 Å². The second-order valence-electron chi connectivity index (χ2n) is 9.21. The first-order valence-corrected chi connectivity index (χ1v) is 9.24. The molecule has 4 rings (SSSR count). The Morgan fingerprint density at radius 1 is 1.00 bits per heavy atom. The molecule has 4 aliphatic carbocycles. The molecule has 0 amide bonds. The lowest BCUT2D eigenvalue weighted by atomic mass is 9.44. The molecule has 22 heavy (non-hydrogen) atoms. The molecule has 0 saturated heterocycles. The van der Waals surface area contributed by atoms with Gasteiger partial charge in [-0.3, -0.25) is 4.79 Å². The van der Waals surface area contributed by atoms with E-state index in [1.807, 2.05) is 0 Å². The van der Waals surface area contributed by atoms with Gasteiger partial charge < -0.3 is 10.2 Å². The van der Waals surface area contributed by atoms with Crippen LogP contribution in [0.15, 0.2) is 0 Å². The fourth-order valence-corrected chi connectivity index (χ4v) is 7.08. The molecule has 0 bridgehead atoms. The van der Waals surface area contributed by atoms with Crippen LogP contribution in [0.5, 0.6) is 0 Å². The molecule has 0 aliphatic heterocycles. The quantitative estimate of drug-likeness (QED) is 0.723. The van der Waals surface area contributed by atoms with Crippen LogP contribution in [0.1, 0.15) is 65.2 Å². The van der Waals surface area contributed by atoms with Crippen LogP contribution in [0.3, 0.4) is 0 Å². The first kappa shape index (κ1) is 15.1. The topological polar surface area (TPSA) is 57.5 Å². The molecule has 0 radical (unpaired) electrons. The van der Waals surface area contributed by atoms with Crippen LogP contribution < -0.4 is 0 Å². The molecule has 4 aliphatic rings. The number of carbonyl (C=O) groups excluding carboxylic acids is 1. The summed E-state index contributed by atoms with van der Waals surface area (Å²) in [5, 5.41) is 21.6.